The molecule has 0 aromatic carbocycles. The van der Waals surface area contributed by atoms with E-state index in [4.69, 9.17) is 0 Å². The van der Waals surface area contributed by atoms with Crippen LogP contribution in [0.4, 0.5) is 0 Å². The Hall–Kier alpha value is -0.570. The summed E-state index contributed by atoms with van der Waals surface area (Å²) in [7, 11) is 0. The molecule has 1 aliphatic carbocycles. The van der Waals surface area contributed by atoms with E-state index in [1.54, 1.807) is 0 Å². The average Bonchev–Trinajstić information content (AvgIpc) is 2.76. The smallest absolute Gasteiger partial charge is 0.222 e. The molecule has 1 saturated heterocycles. The molecule has 1 N–H and O–H groups in total. The van der Waals surface area contributed by atoms with Crippen LogP contribution in [-0.2, 0) is 4.79 Å². The van der Waals surface area contributed by atoms with Gasteiger partial charge in [-0.15, -0.1) is 0 Å². The van der Waals surface area contributed by atoms with Gasteiger partial charge in [-0.1, -0.05) is 26.2 Å². The first kappa shape index (κ1) is 12.9. The summed E-state index contributed by atoms with van der Waals surface area (Å²) >= 11 is 0. The van der Waals surface area contributed by atoms with Crippen LogP contribution >= 0.6 is 0 Å². The summed E-state index contributed by atoms with van der Waals surface area (Å²) < 4.78 is 0. The van der Waals surface area contributed by atoms with Crippen molar-refractivity contribution < 1.29 is 4.79 Å². The van der Waals surface area contributed by atoms with Crippen LogP contribution in [-0.4, -0.2) is 36.5 Å². The van der Waals surface area contributed by atoms with Gasteiger partial charge in [0.15, 0.2) is 0 Å². The summed E-state index contributed by atoms with van der Waals surface area (Å²) in [6.45, 7) is 5.17. The highest BCUT2D eigenvalue weighted by Gasteiger charge is 2.26. The number of carbonyl (C=O) groups excluding carboxylic acids is 1. The van der Waals surface area contributed by atoms with Crippen LogP contribution in [0, 0.1) is 5.92 Å². The molecule has 1 saturated carbocycles. The van der Waals surface area contributed by atoms with Gasteiger partial charge in [0, 0.05) is 25.6 Å². The Morgan fingerprint density at radius 1 is 1.35 bits per heavy atom. The first-order chi connectivity index (χ1) is 8.31. The minimum Gasteiger partial charge on any atom is -0.338 e. The Kier molecular flexibility index (Phi) is 4.84. The molecule has 0 aromatic heterocycles. The molecule has 2 rings (SSSR count). The van der Waals surface area contributed by atoms with Crippen LogP contribution < -0.4 is 5.32 Å². The second kappa shape index (κ2) is 6.39. The van der Waals surface area contributed by atoms with Crippen LogP contribution in [0.2, 0.25) is 0 Å². The largest absolute Gasteiger partial charge is 0.338 e. The molecule has 1 amide bonds. The van der Waals surface area contributed by atoms with Crippen molar-refractivity contribution in [3.63, 3.8) is 0 Å². The topological polar surface area (TPSA) is 32.3 Å². The zero-order valence-corrected chi connectivity index (χ0v) is 11.1. The molecule has 17 heavy (non-hydrogen) atoms. The van der Waals surface area contributed by atoms with Gasteiger partial charge in [0.25, 0.3) is 0 Å². The molecule has 1 heterocycles. The lowest BCUT2D eigenvalue weighted by molar-refractivity contribution is -0.133. The van der Waals surface area contributed by atoms with E-state index in [1.807, 2.05) is 0 Å². The fourth-order valence-electron chi connectivity index (χ4n) is 2.91. The third-order valence-electron chi connectivity index (χ3n) is 4.25. The maximum atomic E-state index is 12.3. The summed E-state index contributed by atoms with van der Waals surface area (Å²) in [5.41, 5.74) is 0. The summed E-state index contributed by atoms with van der Waals surface area (Å²) in [6, 6.07) is 0.462. The van der Waals surface area contributed by atoms with Crippen molar-refractivity contribution in [2.24, 2.45) is 5.92 Å². The fraction of sp³-hybridized carbons (Fsp3) is 0.929. The van der Waals surface area contributed by atoms with Crippen LogP contribution in [0.3, 0.4) is 0 Å². The quantitative estimate of drug-likeness (QED) is 0.769. The molecule has 3 heteroatoms. The standard InChI is InChI=1S/C14H26N2O/c1-2-10-16(13-8-9-15-11-13)14(17)7-6-12-4-3-5-12/h12-13,15H,2-11H2,1H3. The van der Waals surface area contributed by atoms with E-state index in [1.165, 1.54) is 19.3 Å². The molecular formula is C14H26N2O. The number of hydrogen-bond acceptors (Lipinski definition) is 2. The van der Waals surface area contributed by atoms with Gasteiger partial charge >= 0.3 is 0 Å². The molecule has 2 fully saturated rings. The molecule has 1 atom stereocenters. The highest BCUT2D eigenvalue weighted by Crippen LogP contribution is 2.30. The zero-order chi connectivity index (χ0) is 12.1. The average molecular weight is 238 g/mol. The summed E-state index contributed by atoms with van der Waals surface area (Å²) in [5, 5.41) is 3.36. The SMILES string of the molecule is CCCN(C(=O)CCC1CCC1)C1CCNC1. The van der Waals surface area contributed by atoms with Gasteiger partial charge in [0.05, 0.1) is 0 Å². The minimum absolute atomic E-state index is 0.396. The molecular weight excluding hydrogens is 212 g/mol. The van der Waals surface area contributed by atoms with Crippen molar-refractivity contribution in [1.82, 2.24) is 10.2 Å². The third kappa shape index (κ3) is 3.44. The lowest BCUT2D eigenvalue weighted by Crippen LogP contribution is -2.42. The normalized spacial score (nSPS) is 24.6. The maximum absolute atomic E-state index is 12.3. The molecule has 2 aliphatic rings. The lowest BCUT2D eigenvalue weighted by atomic mass is 9.82. The number of nitrogens with one attached hydrogen (secondary N) is 1. The third-order valence-corrected chi connectivity index (χ3v) is 4.25. The predicted molar refractivity (Wildman–Crippen MR) is 69.9 cm³/mol. The van der Waals surface area contributed by atoms with Crippen LogP contribution in [0.25, 0.3) is 0 Å². The van der Waals surface area contributed by atoms with Crippen LogP contribution in [0.1, 0.15) is 51.9 Å². The summed E-state index contributed by atoms with van der Waals surface area (Å²) in [6.07, 6.45) is 8.20. The van der Waals surface area contributed by atoms with Crippen molar-refractivity contribution in [3.05, 3.63) is 0 Å². The Morgan fingerprint density at radius 2 is 2.18 bits per heavy atom. The fourth-order valence-corrected chi connectivity index (χ4v) is 2.91. The summed E-state index contributed by atoms with van der Waals surface area (Å²) in [5.74, 6) is 1.25. The maximum Gasteiger partial charge on any atom is 0.222 e. The number of carbonyl (C=O) groups is 1. The molecule has 98 valence electrons. The molecule has 0 spiro atoms. The summed E-state index contributed by atoms with van der Waals surface area (Å²) in [4.78, 5) is 14.4. The van der Waals surface area contributed by atoms with Crippen molar-refractivity contribution >= 4 is 5.91 Å². The van der Waals surface area contributed by atoms with Gasteiger partial charge in [-0.05, 0) is 31.7 Å². The predicted octanol–water partition coefficient (Wildman–Crippen LogP) is 2.17. The van der Waals surface area contributed by atoms with Gasteiger partial charge in [0.1, 0.15) is 0 Å². The van der Waals surface area contributed by atoms with Gasteiger partial charge in [-0.3, -0.25) is 4.79 Å². The number of hydrogen-bond donors (Lipinski definition) is 1. The zero-order valence-electron chi connectivity index (χ0n) is 11.1. The van der Waals surface area contributed by atoms with E-state index in [9.17, 15) is 4.79 Å². The minimum atomic E-state index is 0.396. The first-order valence-electron chi connectivity index (χ1n) is 7.31. The molecule has 1 aliphatic heterocycles. The molecule has 0 radical (unpaired) electrons. The van der Waals surface area contributed by atoms with Gasteiger partial charge < -0.3 is 10.2 Å². The monoisotopic (exact) mass is 238 g/mol. The molecule has 0 aromatic rings. The van der Waals surface area contributed by atoms with Crippen molar-refractivity contribution in [1.29, 1.82) is 0 Å². The van der Waals surface area contributed by atoms with Gasteiger partial charge in [-0.25, -0.2) is 0 Å². The van der Waals surface area contributed by atoms with E-state index in [0.717, 1.165) is 51.2 Å². The first-order valence-corrected chi connectivity index (χ1v) is 7.31. The number of nitrogens with zero attached hydrogens (tertiary/aromatic N) is 1. The molecule has 0 bridgehead atoms. The molecule has 3 nitrogen and oxygen atoms in total. The Labute approximate surface area is 105 Å². The number of rotatable bonds is 6. The van der Waals surface area contributed by atoms with Crippen molar-refractivity contribution in [2.75, 3.05) is 19.6 Å². The van der Waals surface area contributed by atoms with E-state index in [-0.39, 0.29) is 0 Å². The second-order valence-electron chi connectivity index (χ2n) is 5.57. The van der Waals surface area contributed by atoms with E-state index in [0.29, 0.717) is 11.9 Å². The van der Waals surface area contributed by atoms with Gasteiger partial charge in [-0.2, -0.15) is 0 Å². The van der Waals surface area contributed by atoms with Crippen LogP contribution in [0.5, 0.6) is 0 Å². The highest BCUT2D eigenvalue weighted by atomic mass is 16.2. The second-order valence-corrected chi connectivity index (χ2v) is 5.57. The molecule has 1 unspecified atom stereocenters. The van der Waals surface area contributed by atoms with E-state index >= 15 is 0 Å². The highest BCUT2D eigenvalue weighted by molar-refractivity contribution is 5.76. The number of amides is 1. The van der Waals surface area contributed by atoms with E-state index < -0.39 is 0 Å². The van der Waals surface area contributed by atoms with Crippen LogP contribution in [0.15, 0.2) is 0 Å². The Morgan fingerprint density at radius 3 is 2.71 bits per heavy atom. The van der Waals surface area contributed by atoms with Gasteiger partial charge in [0.2, 0.25) is 5.91 Å². The van der Waals surface area contributed by atoms with E-state index in [2.05, 4.69) is 17.1 Å². The lowest BCUT2D eigenvalue weighted by Gasteiger charge is -2.30. The van der Waals surface area contributed by atoms with Crippen molar-refractivity contribution in [3.8, 4) is 0 Å². The Balaban J connectivity index is 1.78. The van der Waals surface area contributed by atoms with Crippen molar-refractivity contribution in [2.45, 2.75) is 57.9 Å². The Bertz CT molecular complexity index is 245.